The van der Waals surface area contributed by atoms with E-state index in [1.54, 1.807) is 18.2 Å². The van der Waals surface area contributed by atoms with Gasteiger partial charge in [-0.2, -0.15) is 0 Å². The van der Waals surface area contributed by atoms with E-state index >= 15 is 0 Å². The molecule has 2 aromatic rings. The van der Waals surface area contributed by atoms with Crippen LogP contribution in [0.5, 0.6) is 0 Å². The van der Waals surface area contributed by atoms with Gasteiger partial charge >= 0.3 is 5.69 Å². The van der Waals surface area contributed by atoms with Crippen LogP contribution in [0.2, 0.25) is 0 Å². The first-order chi connectivity index (χ1) is 10.6. The maximum Gasteiger partial charge on any atom is 0.323 e. The van der Waals surface area contributed by atoms with Crippen molar-refractivity contribution in [1.29, 1.82) is 0 Å². The number of hydrogen-bond donors (Lipinski definition) is 3. The molecule has 0 unspecified atom stereocenters. The van der Waals surface area contributed by atoms with Crippen LogP contribution in [-0.4, -0.2) is 40.4 Å². The molecule has 0 spiro atoms. The van der Waals surface area contributed by atoms with Crippen molar-refractivity contribution < 1.29 is 4.79 Å². The van der Waals surface area contributed by atoms with Gasteiger partial charge in [0.15, 0.2) is 0 Å². The number of likely N-dealkylation sites (N-methyl/N-ethyl adjacent to an activating group) is 1. The summed E-state index contributed by atoms with van der Waals surface area (Å²) < 4.78 is 0. The van der Waals surface area contributed by atoms with Crippen LogP contribution < -0.4 is 11.0 Å². The van der Waals surface area contributed by atoms with Gasteiger partial charge in [0.05, 0.1) is 17.6 Å². The molecule has 1 aliphatic carbocycles. The van der Waals surface area contributed by atoms with Crippen molar-refractivity contribution in [2.24, 2.45) is 0 Å². The summed E-state index contributed by atoms with van der Waals surface area (Å²) in [7, 11) is 2.02. The molecular formula is C16H22N4O2. The van der Waals surface area contributed by atoms with Gasteiger partial charge in [-0.05, 0) is 38.1 Å². The molecule has 1 aromatic carbocycles. The number of carbonyl (C=O) groups excluding carboxylic acids is 1. The molecule has 1 fully saturated rings. The monoisotopic (exact) mass is 302 g/mol. The minimum Gasteiger partial charge on any atom is -0.325 e. The molecule has 3 N–H and O–H groups in total. The van der Waals surface area contributed by atoms with E-state index in [9.17, 15) is 9.59 Å². The summed E-state index contributed by atoms with van der Waals surface area (Å²) in [5.74, 6) is -0.0229. The Kier molecular flexibility index (Phi) is 4.29. The summed E-state index contributed by atoms with van der Waals surface area (Å²) >= 11 is 0. The molecule has 1 aromatic heterocycles. The number of rotatable bonds is 4. The van der Waals surface area contributed by atoms with Crippen LogP contribution in [-0.2, 0) is 4.79 Å². The zero-order chi connectivity index (χ0) is 15.5. The number of aromatic amines is 2. The van der Waals surface area contributed by atoms with E-state index in [0.717, 1.165) is 5.52 Å². The fourth-order valence-corrected chi connectivity index (χ4v) is 3.19. The van der Waals surface area contributed by atoms with Gasteiger partial charge in [0.25, 0.3) is 0 Å². The van der Waals surface area contributed by atoms with Gasteiger partial charge in [0.1, 0.15) is 0 Å². The van der Waals surface area contributed by atoms with Crippen molar-refractivity contribution >= 4 is 22.6 Å². The third kappa shape index (κ3) is 3.39. The number of nitrogens with zero attached hydrogens (tertiary/aromatic N) is 1. The van der Waals surface area contributed by atoms with Crippen LogP contribution >= 0.6 is 0 Å². The minimum atomic E-state index is -0.240. The number of anilines is 1. The average Bonchev–Trinajstić information content (AvgIpc) is 2.87. The second-order valence-corrected chi connectivity index (χ2v) is 6.09. The zero-order valence-electron chi connectivity index (χ0n) is 12.8. The molecule has 0 atom stereocenters. The van der Waals surface area contributed by atoms with Crippen LogP contribution in [0.4, 0.5) is 5.69 Å². The Hall–Kier alpha value is -2.08. The zero-order valence-corrected chi connectivity index (χ0v) is 12.8. The van der Waals surface area contributed by atoms with Crippen molar-refractivity contribution in [1.82, 2.24) is 14.9 Å². The molecule has 22 heavy (non-hydrogen) atoms. The first kappa shape index (κ1) is 14.8. The first-order valence-corrected chi connectivity index (χ1v) is 7.84. The molecule has 0 saturated heterocycles. The summed E-state index contributed by atoms with van der Waals surface area (Å²) in [6.45, 7) is 0.395. The lowest BCUT2D eigenvalue weighted by Crippen LogP contribution is -2.39. The SMILES string of the molecule is CN(CC(=O)Nc1ccc2[nH]c(=O)[nH]c2c1)C1CCCCC1. The first-order valence-electron chi connectivity index (χ1n) is 7.84. The molecule has 0 radical (unpaired) electrons. The fourth-order valence-electron chi connectivity index (χ4n) is 3.19. The third-order valence-electron chi connectivity index (χ3n) is 4.39. The van der Waals surface area contributed by atoms with Crippen molar-refractivity contribution in [3.05, 3.63) is 28.7 Å². The van der Waals surface area contributed by atoms with Gasteiger partial charge in [-0.25, -0.2) is 4.79 Å². The molecule has 3 rings (SSSR count). The predicted molar refractivity (Wildman–Crippen MR) is 87.1 cm³/mol. The smallest absolute Gasteiger partial charge is 0.323 e. The van der Waals surface area contributed by atoms with E-state index in [1.165, 1.54) is 32.1 Å². The Bertz CT molecular complexity index is 712. The lowest BCUT2D eigenvalue weighted by atomic mass is 9.94. The molecular weight excluding hydrogens is 280 g/mol. The number of nitrogens with one attached hydrogen (secondary N) is 3. The molecule has 1 saturated carbocycles. The minimum absolute atomic E-state index is 0.0229. The average molecular weight is 302 g/mol. The molecule has 1 amide bonds. The van der Waals surface area contributed by atoms with E-state index in [2.05, 4.69) is 20.2 Å². The summed E-state index contributed by atoms with van der Waals surface area (Å²) in [5, 5.41) is 2.90. The fraction of sp³-hybridized carbons (Fsp3) is 0.500. The van der Waals surface area contributed by atoms with E-state index in [0.29, 0.717) is 23.8 Å². The summed E-state index contributed by atoms with van der Waals surface area (Å²) in [4.78, 5) is 30.9. The predicted octanol–water partition coefficient (Wildman–Crippen LogP) is 2.06. The molecule has 0 bridgehead atoms. The highest BCUT2D eigenvalue weighted by molar-refractivity contribution is 5.94. The molecule has 6 nitrogen and oxygen atoms in total. The highest BCUT2D eigenvalue weighted by Crippen LogP contribution is 2.21. The topological polar surface area (TPSA) is 81.0 Å². The summed E-state index contributed by atoms with van der Waals surface area (Å²) in [5.41, 5.74) is 1.89. The number of fused-ring (bicyclic) bond motifs is 1. The van der Waals surface area contributed by atoms with Crippen LogP contribution in [0.25, 0.3) is 11.0 Å². The molecule has 0 aliphatic heterocycles. The maximum atomic E-state index is 12.2. The van der Waals surface area contributed by atoms with E-state index < -0.39 is 0 Å². The Morgan fingerprint density at radius 3 is 2.73 bits per heavy atom. The number of hydrogen-bond acceptors (Lipinski definition) is 3. The third-order valence-corrected chi connectivity index (χ3v) is 4.39. The summed E-state index contributed by atoms with van der Waals surface area (Å²) in [6, 6.07) is 5.87. The summed E-state index contributed by atoms with van der Waals surface area (Å²) in [6.07, 6.45) is 6.19. The Morgan fingerprint density at radius 2 is 1.95 bits per heavy atom. The molecule has 1 heterocycles. The van der Waals surface area contributed by atoms with Gasteiger partial charge in [-0.15, -0.1) is 0 Å². The quantitative estimate of drug-likeness (QED) is 0.808. The maximum absolute atomic E-state index is 12.2. The van der Waals surface area contributed by atoms with Crippen molar-refractivity contribution in [3.63, 3.8) is 0 Å². The second kappa shape index (κ2) is 6.36. The van der Waals surface area contributed by atoms with Gasteiger partial charge in [-0.3, -0.25) is 9.69 Å². The van der Waals surface area contributed by atoms with Crippen LogP contribution in [0, 0.1) is 0 Å². The standard InChI is InChI=1S/C16H22N4O2/c1-20(12-5-3-2-4-6-12)10-15(21)17-11-7-8-13-14(9-11)19-16(22)18-13/h7-9,12H,2-6,10H2,1H3,(H,17,21)(H2,18,19,22). The van der Waals surface area contributed by atoms with Crippen LogP contribution in [0.15, 0.2) is 23.0 Å². The Morgan fingerprint density at radius 1 is 1.23 bits per heavy atom. The van der Waals surface area contributed by atoms with Gasteiger partial charge in [0, 0.05) is 11.7 Å². The normalized spacial score (nSPS) is 16.3. The van der Waals surface area contributed by atoms with Gasteiger partial charge < -0.3 is 15.3 Å². The molecule has 6 heteroatoms. The van der Waals surface area contributed by atoms with Crippen LogP contribution in [0.3, 0.4) is 0 Å². The molecule has 118 valence electrons. The number of H-pyrrole nitrogens is 2. The van der Waals surface area contributed by atoms with Gasteiger partial charge in [-0.1, -0.05) is 19.3 Å². The number of imidazole rings is 1. The van der Waals surface area contributed by atoms with E-state index in [1.807, 2.05) is 7.05 Å². The van der Waals surface area contributed by atoms with Crippen LogP contribution in [0.1, 0.15) is 32.1 Å². The Balaban J connectivity index is 1.61. The number of amides is 1. The second-order valence-electron chi connectivity index (χ2n) is 6.09. The largest absolute Gasteiger partial charge is 0.325 e. The highest BCUT2D eigenvalue weighted by Gasteiger charge is 2.19. The van der Waals surface area contributed by atoms with E-state index in [4.69, 9.17) is 0 Å². The molecule has 1 aliphatic rings. The van der Waals surface area contributed by atoms with Crippen molar-refractivity contribution in [3.8, 4) is 0 Å². The van der Waals surface area contributed by atoms with E-state index in [-0.39, 0.29) is 11.6 Å². The van der Waals surface area contributed by atoms with Gasteiger partial charge in [0.2, 0.25) is 5.91 Å². The Labute approximate surface area is 128 Å². The number of benzene rings is 1. The van der Waals surface area contributed by atoms with Crippen molar-refractivity contribution in [2.75, 3.05) is 18.9 Å². The lowest BCUT2D eigenvalue weighted by molar-refractivity contribution is -0.117. The number of carbonyl (C=O) groups is 1. The number of aromatic nitrogens is 2. The lowest BCUT2D eigenvalue weighted by Gasteiger charge is -2.30. The van der Waals surface area contributed by atoms with Crippen molar-refractivity contribution in [2.45, 2.75) is 38.1 Å². The highest BCUT2D eigenvalue weighted by atomic mass is 16.2.